The summed E-state index contributed by atoms with van der Waals surface area (Å²) >= 11 is 0. The summed E-state index contributed by atoms with van der Waals surface area (Å²) in [7, 11) is 2.15. The number of rotatable bonds is 5. The summed E-state index contributed by atoms with van der Waals surface area (Å²) in [6.07, 6.45) is 0. The lowest BCUT2D eigenvalue weighted by molar-refractivity contribution is -0.118. The number of nitrogens with zero attached hydrogens (tertiary/aromatic N) is 2. The highest BCUT2D eigenvalue weighted by Gasteiger charge is 2.14. The van der Waals surface area contributed by atoms with Crippen LogP contribution in [0.25, 0.3) is 0 Å². The second-order valence-electron chi connectivity index (χ2n) is 6.87. The van der Waals surface area contributed by atoms with Crippen LogP contribution in [0.15, 0.2) is 42.5 Å². The van der Waals surface area contributed by atoms with Crippen molar-refractivity contribution in [2.45, 2.75) is 13.8 Å². The molecule has 1 amide bonds. The summed E-state index contributed by atoms with van der Waals surface area (Å²) in [5.41, 5.74) is 4.21. The van der Waals surface area contributed by atoms with Gasteiger partial charge in [0.1, 0.15) is 5.75 Å². The third-order valence-corrected chi connectivity index (χ3v) is 4.93. The normalized spacial score (nSPS) is 15.0. The van der Waals surface area contributed by atoms with E-state index in [2.05, 4.69) is 34.3 Å². The zero-order chi connectivity index (χ0) is 18.5. The number of aryl methyl sites for hydroxylation is 1. The maximum absolute atomic E-state index is 12.2. The van der Waals surface area contributed by atoms with Crippen LogP contribution in [0.1, 0.15) is 11.1 Å². The van der Waals surface area contributed by atoms with Crippen molar-refractivity contribution in [1.29, 1.82) is 0 Å². The molecule has 0 aromatic heterocycles. The van der Waals surface area contributed by atoms with Crippen molar-refractivity contribution in [3.05, 3.63) is 53.6 Å². The van der Waals surface area contributed by atoms with Crippen LogP contribution in [0.2, 0.25) is 0 Å². The van der Waals surface area contributed by atoms with Gasteiger partial charge in [-0.05, 0) is 62.4 Å². The van der Waals surface area contributed by atoms with Crippen LogP contribution in [0.4, 0.5) is 11.4 Å². The van der Waals surface area contributed by atoms with Crippen molar-refractivity contribution >= 4 is 17.3 Å². The highest BCUT2D eigenvalue weighted by atomic mass is 16.5. The molecule has 0 spiro atoms. The molecule has 3 rings (SSSR count). The van der Waals surface area contributed by atoms with Crippen molar-refractivity contribution < 1.29 is 9.53 Å². The number of nitrogens with one attached hydrogen (secondary N) is 1. The number of anilines is 2. The quantitative estimate of drug-likeness (QED) is 0.897. The van der Waals surface area contributed by atoms with Gasteiger partial charge in [0.25, 0.3) is 5.91 Å². The second-order valence-corrected chi connectivity index (χ2v) is 6.87. The van der Waals surface area contributed by atoms with Crippen molar-refractivity contribution in [2.75, 3.05) is 50.1 Å². The molecule has 1 fully saturated rings. The average molecular weight is 353 g/mol. The predicted molar refractivity (Wildman–Crippen MR) is 106 cm³/mol. The fourth-order valence-electron chi connectivity index (χ4n) is 3.04. The van der Waals surface area contributed by atoms with Crippen LogP contribution in [0, 0.1) is 13.8 Å². The summed E-state index contributed by atoms with van der Waals surface area (Å²) in [5, 5.41) is 2.89. The van der Waals surface area contributed by atoms with Gasteiger partial charge in [-0.2, -0.15) is 0 Å². The largest absolute Gasteiger partial charge is 0.483 e. The molecule has 2 aromatic carbocycles. The van der Waals surface area contributed by atoms with Crippen LogP contribution in [-0.2, 0) is 4.79 Å². The van der Waals surface area contributed by atoms with Crippen molar-refractivity contribution in [3.8, 4) is 5.75 Å². The fraction of sp³-hybridized carbons (Fsp3) is 0.381. The molecule has 5 heteroatoms. The van der Waals surface area contributed by atoms with Gasteiger partial charge >= 0.3 is 0 Å². The third-order valence-electron chi connectivity index (χ3n) is 4.93. The summed E-state index contributed by atoms with van der Waals surface area (Å²) < 4.78 is 5.66. The lowest BCUT2D eigenvalue weighted by Crippen LogP contribution is -2.44. The maximum atomic E-state index is 12.2. The molecule has 138 valence electrons. The Labute approximate surface area is 155 Å². The fourth-order valence-corrected chi connectivity index (χ4v) is 3.04. The number of hydrogen-bond acceptors (Lipinski definition) is 4. The Balaban J connectivity index is 1.52. The Kier molecular flexibility index (Phi) is 5.78. The SMILES string of the molecule is Cc1cccc(OCC(=O)Nc2ccc(N3CCN(C)CC3)cc2)c1C. The average Bonchev–Trinajstić information content (AvgIpc) is 2.64. The van der Waals surface area contributed by atoms with Crippen LogP contribution in [0.5, 0.6) is 5.75 Å². The van der Waals surface area contributed by atoms with E-state index in [1.807, 2.05) is 44.2 Å². The number of hydrogen-bond donors (Lipinski definition) is 1. The van der Waals surface area contributed by atoms with Gasteiger partial charge in [0.2, 0.25) is 0 Å². The van der Waals surface area contributed by atoms with E-state index in [1.54, 1.807) is 0 Å². The van der Waals surface area contributed by atoms with E-state index in [-0.39, 0.29) is 12.5 Å². The van der Waals surface area contributed by atoms with Gasteiger partial charge in [-0.3, -0.25) is 4.79 Å². The highest BCUT2D eigenvalue weighted by Crippen LogP contribution is 2.21. The zero-order valence-corrected chi connectivity index (χ0v) is 15.8. The molecule has 1 aliphatic heterocycles. The first-order chi connectivity index (χ1) is 12.5. The van der Waals surface area contributed by atoms with Gasteiger partial charge in [-0.15, -0.1) is 0 Å². The smallest absolute Gasteiger partial charge is 0.262 e. The first-order valence-corrected chi connectivity index (χ1v) is 9.05. The van der Waals surface area contributed by atoms with Gasteiger partial charge < -0.3 is 19.9 Å². The van der Waals surface area contributed by atoms with E-state index < -0.39 is 0 Å². The highest BCUT2D eigenvalue weighted by molar-refractivity contribution is 5.92. The van der Waals surface area contributed by atoms with E-state index in [4.69, 9.17) is 4.74 Å². The van der Waals surface area contributed by atoms with Crippen LogP contribution >= 0.6 is 0 Å². The number of benzene rings is 2. The molecule has 1 N–H and O–H groups in total. The number of piperazine rings is 1. The van der Waals surface area contributed by atoms with Gasteiger partial charge in [0.05, 0.1) is 0 Å². The molecule has 0 atom stereocenters. The Hall–Kier alpha value is -2.53. The van der Waals surface area contributed by atoms with E-state index in [0.29, 0.717) is 0 Å². The van der Waals surface area contributed by atoms with Gasteiger partial charge in [-0.1, -0.05) is 12.1 Å². The minimum atomic E-state index is -0.154. The Morgan fingerprint density at radius 3 is 2.42 bits per heavy atom. The van der Waals surface area contributed by atoms with Gasteiger partial charge in [0, 0.05) is 37.6 Å². The molecule has 1 saturated heterocycles. The Morgan fingerprint density at radius 2 is 1.73 bits per heavy atom. The lowest BCUT2D eigenvalue weighted by atomic mass is 10.1. The van der Waals surface area contributed by atoms with Crippen LogP contribution in [-0.4, -0.2) is 50.6 Å². The molecule has 0 bridgehead atoms. The summed E-state index contributed by atoms with van der Waals surface area (Å²) in [6.45, 7) is 8.26. The number of amides is 1. The summed E-state index contributed by atoms with van der Waals surface area (Å²) in [4.78, 5) is 16.9. The van der Waals surface area contributed by atoms with Crippen LogP contribution in [0.3, 0.4) is 0 Å². The lowest BCUT2D eigenvalue weighted by Gasteiger charge is -2.34. The van der Waals surface area contributed by atoms with Crippen molar-refractivity contribution in [3.63, 3.8) is 0 Å². The monoisotopic (exact) mass is 353 g/mol. The molecule has 0 saturated carbocycles. The second kappa shape index (κ2) is 8.23. The standard InChI is InChI=1S/C21H27N3O2/c1-16-5-4-6-20(17(16)2)26-15-21(25)22-18-7-9-19(10-8-18)24-13-11-23(3)12-14-24/h4-10H,11-15H2,1-3H3,(H,22,25). The van der Waals surface area contributed by atoms with E-state index in [0.717, 1.165) is 48.7 Å². The first-order valence-electron chi connectivity index (χ1n) is 9.05. The van der Waals surface area contributed by atoms with Gasteiger partial charge in [0.15, 0.2) is 6.61 Å². The summed E-state index contributed by atoms with van der Waals surface area (Å²) in [6, 6.07) is 13.9. The molecule has 5 nitrogen and oxygen atoms in total. The van der Waals surface area contributed by atoms with E-state index in [9.17, 15) is 4.79 Å². The molecule has 0 aliphatic carbocycles. The molecule has 0 radical (unpaired) electrons. The van der Waals surface area contributed by atoms with E-state index >= 15 is 0 Å². The minimum absolute atomic E-state index is 0.00447. The number of carbonyl (C=O) groups is 1. The molecular formula is C21H27N3O2. The predicted octanol–water partition coefficient (Wildman–Crippen LogP) is 3.07. The molecular weight excluding hydrogens is 326 g/mol. The molecule has 0 unspecified atom stereocenters. The molecule has 2 aromatic rings. The number of carbonyl (C=O) groups excluding carboxylic acids is 1. The van der Waals surface area contributed by atoms with Crippen LogP contribution < -0.4 is 15.0 Å². The third kappa shape index (κ3) is 4.55. The Bertz CT molecular complexity index is 750. The summed E-state index contributed by atoms with van der Waals surface area (Å²) in [5.74, 6) is 0.601. The molecule has 1 aliphatic rings. The zero-order valence-electron chi connectivity index (χ0n) is 15.8. The number of likely N-dealkylation sites (N-methyl/N-ethyl adjacent to an activating group) is 1. The Morgan fingerprint density at radius 1 is 1.04 bits per heavy atom. The molecule has 1 heterocycles. The van der Waals surface area contributed by atoms with E-state index in [1.165, 1.54) is 5.69 Å². The molecule has 26 heavy (non-hydrogen) atoms. The van der Waals surface area contributed by atoms with Crippen molar-refractivity contribution in [1.82, 2.24) is 4.90 Å². The maximum Gasteiger partial charge on any atom is 0.262 e. The van der Waals surface area contributed by atoms with Crippen molar-refractivity contribution in [2.24, 2.45) is 0 Å². The van der Waals surface area contributed by atoms with Gasteiger partial charge in [-0.25, -0.2) is 0 Å². The topological polar surface area (TPSA) is 44.8 Å². The first kappa shape index (κ1) is 18.3. The minimum Gasteiger partial charge on any atom is -0.483 e. The number of ether oxygens (including phenoxy) is 1.